The minimum atomic E-state index is -0.208. The van der Waals surface area contributed by atoms with E-state index in [0.29, 0.717) is 0 Å². The Morgan fingerprint density at radius 3 is 2.86 bits per heavy atom. The zero-order valence-electron chi connectivity index (χ0n) is 9.03. The van der Waals surface area contributed by atoms with Gasteiger partial charge in [-0.3, -0.25) is 0 Å². The Balaban J connectivity index is 2.30. The van der Waals surface area contributed by atoms with Gasteiger partial charge in [-0.15, -0.1) is 11.3 Å². The van der Waals surface area contributed by atoms with Crippen LogP contribution in [0, 0.1) is 6.92 Å². The Labute approximate surface area is 89.4 Å². The Bertz CT molecular complexity index is 273. The number of nitrogens with zero attached hydrogens (tertiary/aromatic N) is 2. The van der Waals surface area contributed by atoms with Crippen LogP contribution in [0.3, 0.4) is 0 Å². The Morgan fingerprint density at radius 2 is 2.36 bits per heavy atom. The van der Waals surface area contributed by atoms with Gasteiger partial charge in [-0.05, 0) is 27.3 Å². The van der Waals surface area contributed by atoms with E-state index in [1.165, 1.54) is 4.88 Å². The molecule has 1 aromatic heterocycles. The molecule has 0 bridgehead atoms. The molecule has 1 N–H and O–H groups in total. The zero-order chi connectivity index (χ0) is 10.6. The molecule has 0 saturated heterocycles. The van der Waals surface area contributed by atoms with Gasteiger partial charge < -0.3 is 10.0 Å². The lowest BCUT2D eigenvalue weighted by molar-refractivity contribution is 0.163. The molecule has 0 fully saturated rings. The highest BCUT2D eigenvalue weighted by Crippen LogP contribution is 2.13. The molecule has 0 aromatic carbocycles. The highest BCUT2D eigenvalue weighted by atomic mass is 32.1. The van der Waals surface area contributed by atoms with Crippen molar-refractivity contribution in [3.8, 4) is 0 Å². The first kappa shape index (κ1) is 11.6. The van der Waals surface area contributed by atoms with Crippen molar-refractivity contribution in [2.45, 2.75) is 32.9 Å². The molecular weight excluding hydrogens is 196 g/mol. The summed E-state index contributed by atoms with van der Waals surface area (Å²) in [6.07, 6.45) is 2.55. The molecule has 80 valence electrons. The van der Waals surface area contributed by atoms with E-state index in [-0.39, 0.29) is 6.10 Å². The van der Waals surface area contributed by atoms with Gasteiger partial charge in [-0.25, -0.2) is 4.98 Å². The van der Waals surface area contributed by atoms with Gasteiger partial charge in [0, 0.05) is 24.2 Å². The molecule has 1 rings (SSSR count). The van der Waals surface area contributed by atoms with Crippen LogP contribution in [0.25, 0.3) is 0 Å². The van der Waals surface area contributed by atoms with Crippen LogP contribution in [0.1, 0.15) is 23.2 Å². The second-order valence-electron chi connectivity index (χ2n) is 3.72. The van der Waals surface area contributed by atoms with Crippen LogP contribution >= 0.6 is 11.3 Å². The van der Waals surface area contributed by atoms with Gasteiger partial charge in [0.1, 0.15) is 0 Å². The topological polar surface area (TPSA) is 36.4 Å². The Morgan fingerprint density at radius 1 is 1.64 bits per heavy atom. The maximum Gasteiger partial charge on any atom is 0.0897 e. The van der Waals surface area contributed by atoms with E-state index in [1.807, 2.05) is 20.0 Å². The van der Waals surface area contributed by atoms with E-state index >= 15 is 0 Å². The lowest BCUT2D eigenvalue weighted by Gasteiger charge is -2.15. The maximum absolute atomic E-state index is 9.14. The SMILES string of the molecule is Cc1ncc(CN(C)CCC(C)O)s1. The number of aliphatic hydroxyl groups excluding tert-OH is 1. The third-order valence-electron chi connectivity index (χ3n) is 2.02. The molecule has 0 aliphatic rings. The number of thiazole rings is 1. The molecular formula is C10H18N2OS. The minimum Gasteiger partial charge on any atom is -0.393 e. The highest BCUT2D eigenvalue weighted by molar-refractivity contribution is 7.11. The van der Waals surface area contributed by atoms with Gasteiger partial charge >= 0.3 is 0 Å². The number of hydrogen-bond donors (Lipinski definition) is 1. The summed E-state index contributed by atoms with van der Waals surface area (Å²) < 4.78 is 0. The molecule has 1 atom stereocenters. The fourth-order valence-corrected chi connectivity index (χ4v) is 2.11. The van der Waals surface area contributed by atoms with Gasteiger partial charge in [0.2, 0.25) is 0 Å². The van der Waals surface area contributed by atoms with E-state index in [1.54, 1.807) is 11.3 Å². The summed E-state index contributed by atoms with van der Waals surface area (Å²) in [6.45, 7) is 5.70. The molecule has 0 aliphatic carbocycles. The second kappa shape index (κ2) is 5.44. The quantitative estimate of drug-likeness (QED) is 0.809. The zero-order valence-corrected chi connectivity index (χ0v) is 9.84. The maximum atomic E-state index is 9.14. The molecule has 0 amide bonds. The van der Waals surface area contributed by atoms with E-state index in [9.17, 15) is 0 Å². The highest BCUT2D eigenvalue weighted by Gasteiger charge is 2.04. The summed E-state index contributed by atoms with van der Waals surface area (Å²) >= 11 is 1.74. The largest absolute Gasteiger partial charge is 0.393 e. The first-order valence-electron chi connectivity index (χ1n) is 4.86. The lowest BCUT2D eigenvalue weighted by Crippen LogP contribution is -2.21. The summed E-state index contributed by atoms with van der Waals surface area (Å²) in [5.41, 5.74) is 0. The normalized spacial score (nSPS) is 13.5. The first-order chi connectivity index (χ1) is 6.58. The molecule has 4 heteroatoms. The standard InChI is InChI=1S/C10H18N2OS/c1-8(13)4-5-12(3)7-10-6-11-9(2)14-10/h6,8,13H,4-5,7H2,1-3H3. The molecule has 3 nitrogen and oxygen atoms in total. The fourth-order valence-electron chi connectivity index (χ4n) is 1.23. The molecule has 0 radical (unpaired) electrons. The minimum absolute atomic E-state index is 0.208. The first-order valence-corrected chi connectivity index (χ1v) is 5.67. The number of aryl methyl sites for hydroxylation is 1. The summed E-state index contributed by atoms with van der Waals surface area (Å²) in [5, 5.41) is 10.2. The van der Waals surface area contributed by atoms with Gasteiger partial charge in [0.05, 0.1) is 11.1 Å². The molecule has 1 heterocycles. The van der Waals surface area contributed by atoms with E-state index in [2.05, 4.69) is 16.9 Å². The van der Waals surface area contributed by atoms with Crippen LogP contribution in [0.2, 0.25) is 0 Å². The predicted molar refractivity (Wildman–Crippen MR) is 59.5 cm³/mol. The van der Waals surface area contributed by atoms with E-state index in [4.69, 9.17) is 5.11 Å². The van der Waals surface area contributed by atoms with Gasteiger partial charge in [0.15, 0.2) is 0 Å². The molecule has 14 heavy (non-hydrogen) atoms. The molecule has 1 aromatic rings. The van der Waals surface area contributed by atoms with Crippen molar-refractivity contribution < 1.29 is 5.11 Å². The third kappa shape index (κ3) is 4.17. The Kier molecular flexibility index (Phi) is 4.51. The van der Waals surface area contributed by atoms with Crippen molar-refractivity contribution in [3.63, 3.8) is 0 Å². The third-order valence-corrected chi connectivity index (χ3v) is 2.92. The van der Waals surface area contributed by atoms with E-state index < -0.39 is 0 Å². The fraction of sp³-hybridized carbons (Fsp3) is 0.700. The monoisotopic (exact) mass is 214 g/mol. The van der Waals surface area contributed by atoms with Crippen LogP contribution in [0.4, 0.5) is 0 Å². The number of aliphatic hydroxyl groups is 1. The Hall–Kier alpha value is -0.450. The summed E-state index contributed by atoms with van der Waals surface area (Å²) in [6, 6.07) is 0. The molecule has 1 unspecified atom stereocenters. The number of hydrogen-bond acceptors (Lipinski definition) is 4. The van der Waals surface area contributed by atoms with Crippen molar-refractivity contribution in [1.29, 1.82) is 0 Å². The van der Waals surface area contributed by atoms with Crippen LogP contribution in [-0.2, 0) is 6.54 Å². The summed E-state index contributed by atoms with van der Waals surface area (Å²) in [5.74, 6) is 0. The van der Waals surface area contributed by atoms with Crippen molar-refractivity contribution >= 4 is 11.3 Å². The predicted octanol–water partition coefficient (Wildman–Crippen LogP) is 1.65. The smallest absolute Gasteiger partial charge is 0.0897 e. The summed E-state index contributed by atoms with van der Waals surface area (Å²) in [4.78, 5) is 7.70. The number of aromatic nitrogens is 1. The van der Waals surface area contributed by atoms with Crippen molar-refractivity contribution in [1.82, 2.24) is 9.88 Å². The van der Waals surface area contributed by atoms with Crippen LogP contribution in [-0.4, -0.2) is 34.7 Å². The molecule has 0 aliphatic heterocycles. The lowest BCUT2D eigenvalue weighted by atomic mass is 10.3. The van der Waals surface area contributed by atoms with Gasteiger partial charge in [-0.1, -0.05) is 0 Å². The molecule has 0 saturated carbocycles. The van der Waals surface area contributed by atoms with E-state index in [0.717, 1.165) is 24.5 Å². The van der Waals surface area contributed by atoms with Crippen LogP contribution in [0.15, 0.2) is 6.20 Å². The van der Waals surface area contributed by atoms with Crippen molar-refractivity contribution in [3.05, 3.63) is 16.1 Å². The average molecular weight is 214 g/mol. The summed E-state index contributed by atoms with van der Waals surface area (Å²) in [7, 11) is 2.07. The van der Waals surface area contributed by atoms with Gasteiger partial charge in [-0.2, -0.15) is 0 Å². The van der Waals surface area contributed by atoms with Crippen LogP contribution < -0.4 is 0 Å². The van der Waals surface area contributed by atoms with Crippen molar-refractivity contribution in [2.75, 3.05) is 13.6 Å². The van der Waals surface area contributed by atoms with Gasteiger partial charge in [0.25, 0.3) is 0 Å². The second-order valence-corrected chi connectivity index (χ2v) is 5.04. The average Bonchev–Trinajstić information content (AvgIpc) is 2.48. The number of rotatable bonds is 5. The van der Waals surface area contributed by atoms with Crippen molar-refractivity contribution in [2.24, 2.45) is 0 Å². The molecule has 0 spiro atoms. The van der Waals surface area contributed by atoms with Crippen LogP contribution in [0.5, 0.6) is 0 Å².